The van der Waals surface area contributed by atoms with Crippen LogP contribution in [0, 0.1) is 27.3 Å². The molecule has 0 radical (unpaired) electrons. The zero-order valence-electron chi connectivity index (χ0n) is 13.0. The molecule has 0 aliphatic heterocycles. The molecule has 0 aliphatic rings. The van der Waals surface area contributed by atoms with Gasteiger partial charge < -0.3 is 4.57 Å². The van der Waals surface area contributed by atoms with E-state index in [4.69, 9.17) is 0 Å². The minimum Gasteiger partial charge on any atom is -0.314 e. The maximum atomic E-state index is 14.0. The number of non-ortho nitro benzene ring substituents is 1. The minimum absolute atomic E-state index is 0.0456. The summed E-state index contributed by atoms with van der Waals surface area (Å²) >= 11 is 0. The molecule has 1 aromatic heterocycles. The van der Waals surface area contributed by atoms with Gasteiger partial charge in [0.05, 0.1) is 22.3 Å². The Balaban J connectivity index is 2.02. The molecular formula is C19H12FN3O2. The number of para-hydroxylation sites is 1. The summed E-state index contributed by atoms with van der Waals surface area (Å²) in [5.74, 6) is -0.373. The van der Waals surface area contributed by atoms with Crippen LogP contribution in [0.2, 0.25) is 0 Å². The second kappa shape index (κ2) is 6.81. The summed E-state index contributed by atoms with van der Waals surface area (Å²) in [6, 6.07) is 17.7. The normalized spacial score (nSPS) is 11.1. The van der Waals surface area contributed by atoms with E-state index in [1.165, 1.54) is 30.3 Å². The van der Waals surface area contributed by atoms with Gasteiger partial charge in [0.25, 0.3) is 5.69 Å². The van der Waals surface area contributed by atoms with E-state index < -0.39 is 4.92 Å². The first-order chi connectivity index (χ1) is 12.1. The van der Waals surface area contributed by atoms with E-state index in [1.807, 2.05) is 0 Å². The second-order valence-electron chi connectivity index (χ2n) is 5.23. The molecule has 6 heteroatoms. The topological polar surface area (TPSA) is 71.9 Å². The number of nitro groups is 1. The summed E-state index contributed by atoms with van der Waals surface area (Å²) in [7, 11) is 0. The van der Waals surface area contributed by atoms with Crippen molar-refractivity contribution in [2.75, 3.05) is 0 Å². The fourth-order valence-corrected chi connectivity index (χ4v) is 2.47. The summed E-state index contributed by atoms with van der Waals surface area (Å²) in [4.78, 5) is 10.2. The molecule has 0 saturated carbocycles. The summed E-state index contributed by atoms with van der Waals surface area (Å²) in [5.41, 5.74) is 1.83. The van der Waals surface area contributed by atoms with Gasteiger partial charge in [-0.05, 0) is 48.0 Å². The predicted molar refractivity (Wildman–Crippen MR) is 92.3 cm³/mol. The largest absolute Gasteiger partial charge is 0.314 e. The third-order valence-corrected chi connectivity index (χ3v) is 3.69. The first kappa shape index (κ1) is 16.1. The minimum atomic E-state index is -0.497. The Kier molecular flexibility index (Phi) is 4.40. The lowest BCUT2D eigenvalue weighted by Crippen LogP contribution is -1.98. The summed E-state index contributed by atoms with van der Waals surface area (Å²) in [6.45, 7) is 0. The van der Waals surface area contributed by atoms with E-state index >= 15 is 0 Å². The SMILES string of the molecule is N#C/C(=C/c1cccn1-c1ccccc1F)c1ccc([N+](=O)[O-])cc1. The average Bonchev–Trinajstić information content (AvgIpc) is 3.08. The maximum Gasteiger partial charge on any atom is 0.269 e. The van der Waals surface area contributed by atoms with Crippen LogP contribution in [0.15, 0.2) is 66.9 Å². The van der Waals surface area contributed by atoms with Crippen LogP contribution in [-0.2, 0) is 0 Å². The zero-order chi connectivity index (χ0) is 17.8. The smallest absolute Gasteiger partial charge is 0.269 e. The molecule has 0 aliphatic carbocycles. The third-order valence-electron chi connectivity index (χ3n) is 3.69. The Bertz CT molecular complexity index is 998. The van der Waals surface area contributed by atoms with Crippen LogP contribution in [0.4, 0.5) is 10.1 Å². The molecule has 0 atom stereocenters. The summed E-state index contributed by atoms with van der Waals surface area (Å²) in [6.07, 6.45) is 3.32. The van der Waals surface area contributed by atoms with Gasteiger partial charge in [0, 0.05) is 24.0 Å². The van der Waals surface area contributed by atoms with Gasteiger partial charge in [-0.25, -0.2) is 4.39 Å². The molecule has 0 unspecified atom stereocenters. The quantitative estimate of drug-likeness (QED) is 0.398. The third kappa shape index (κ3) is 3.31. The number of hydrogen-bond acceptors (Lipinski definition) is 3. The summed E-state index contributed by atoms with van der Waals surface area (Å²) < 4.78 is 15.7. The Morgan fingerprint density at radius 2 is 1.84 bits per heavy atom. The number of benzene rings is 2. The molecule has 0 amide bonds. The number of nitriles is 1. The summed E-state index contributed by atoms with van der Waals surface area (Å²) in [5, 5.41) is 20.2. The van der Waals surface area contributed by atoms with Crippen molar-refractivity contribution in [3.63, 3.8) is 0 Å². The number of halogens is 1. The van der Waals surface area contributed by atoms with E-state index in [2.05, 4.69) is 6.07 Å². The molecule has 0 N–H and O–H groups in total. The molecular weight excluding hydrogens is 321 g/mol. The lowest BCUT2D eigenvalue weighted by molar-refractivity contribution is -0.384. The van der Waals surface area contributed by atoms with Crippen molar-refractivity contribution in [3.05, 3.63) is 94.0 Å². The van der Waals surface area contributed by atoms with Crippen molar-refractivity contribution in [1.29, 1.82) is 5.26 Å². The van der Waals surface area contributed by atoms with Crippen LogP contribution in [0.1, 0.15) is 11.3 Å². The Morgan fingerprint density at radius 3 is 2.48 bits per heavy atom. The van der Waals surface area contributed by atoms with Crippen molar-refractivity contribution in [2.45, 2.75) is 0 Å². The van der Waals surface area contributed by atoms with E-state index in [9.17, 15) is 19.8 Å². The van der Waals surface area contributed by atoms with Crippen LogP contribution in [0.3, 0.4) is 0 Å². The number of allylic oxidation sites excluding steroid dienone is 1. The van der Waals surface area contributed by atoms with Gasteiger partial charge in [-0.15, -0.1) is 0 Å². The monoisotopic (exact) mass is 333 g/mol. The second-order valence-corrected chi connectivity index (χ2v) is 5.23. The van der Waals surface area contributed by atoms with Crippen LogP contribution in [0.5, 0.6) is 0 Å². The molecule has 5 nitrogen and oxygen atoms in total. The van der Waals surface area contributed by atoms with Crippen molar-refractivity contribution in [3.8, 4) is 11.8 Å². The van der Waals surface area contributed by atoms with E-state index in [0.717, 1.165) is 0 Å². The van der Waals surface area contributed by atoms with Gasteiger partial charge in [0.15, 0.2) is 0 Å². The highest BCUT2D eigenvalue weighted by Crippen LogP contribution is 2.23. The Hall–Kier alpha value is -3.72. The van der Waals surface area contributed by atoms with Gasteiger partial charge in [0.2, 0.25) is 0 Å². The van der Waals surface area contributed by atoms with Crippen LogP contribution >= 0.6 is 0 Å². The first-order valence-electron chi connectivity index (χ1n) is 7.39. The standard InChI is InChI=1S/C19H12FN3O2/c20-18-5-1-2-6-19(18)22-11-3-4-17(22)12-15(13-21)14-7-9-16(10-8-14)23(24)25/h1-12H/b15-12-. The first-order valence-corrected chi connectivity index (χ1v) is 7.39. The van der Waals surface area contributed by atoms with Gasteiger partial charge in [-0.1, -0.05) is 12.1 Å². The molecule has 0 saturated heterocycles. The van der Waals surface area contributed by atoms with Crippen molar-refractivity contribution in [2.24, 2.45) is 0 Å². The van der Waals surface area contributed by atoms with E-state index in [0.29, 0.717) is 22.5 Å². The Labute approximate surface area is 143 Å². The molecule has 1 heterocycles. The predicted octanol–water partition coefficient (Wildman–Crippen LogP) is 4.59. The van der Waals surface area contributed by atoms with Crippen molar-refractivity contribution < 1.29 is 9.31 Å². The molecule has 25 heavy (non-hydrogen) atoms. The lowest BCUT2D eigenvalue weighted by Gasteiger charge is -2.08. The number of nitrogens with zero attached hydrogens (tertiary/aromatic N) is 3. The lowest BCUT2D eigenvalue weighted by atomic mass is 10.1. The van der Waals surface area contributed by atoms with Crippen molar-refractivity contribution >= 4 is 17.3 Å². The molecule has 0 spiro atoms. The highest BCUT2D eigenvalue weighted by molar-refractivity contribution is 5.89. The van der Waals surface area contributed by atoms with Crippen molar-refractivity contribution in [1.82, 2.24) is 4.57 Å². The molecule has 0 fully saturated rings. The van der Waals surface area contributed by atoms with E-state index in [1.54, 1.807) is 47.2 Å². The number of rotatable bonds is 4. The van der Waals surface area contributed by atoms with Crippen LogP contribution in [-0.4, -0.2) is 9.49 Å². The Morgan fingerprint density at radius 1 is 1.12 bits per heavy atom. The van der Waals surface area contributed by atoms with Crippen LogP contribution < -0.4 is 0 Å². The molecule has 122 valence electrons. The van der Waals surface area contributed by atoms with Gasteiger partial charge in [-0.2, -0.15) is 5.26 Å². The van der Waals surface area contributed by atoms with E-state index in [-0.39, 0.29) is 11.5 Å². The van der Waals surface area contributed by atoms with Gasteiger partial charge in [-0.3, -0.25) is 10.1 Å². The highest BCUT2D eigenvalue weighted by Gasteiger charge is 2.10. The van der Waals surface area contributed by atoms with Crippen LogP contribution in [0.25, 0.3) is 17.3 Å². The van der Waals surface area contributed by atoms with Gasteiger partial charge in [0.1, 0.15) is 5.82 Å². The van der Waals surface area contributed by atoms with Gasteiger partial charge >= 0.3 is 0 Å². The number of aromatic nitrogens is 1. The highest BCUT2D eigenvalue weighted by atomic mass is 19.1. The number of nitro benzene ring substituents is 1. The molecule has 2 aromatic carbocycles. The molecule has 3 aromatic rings. The number of hydrogen-bond donors (Lipinski definition) is 0. The fourth-order valence-electron chi connectivity index (χ4n) is 2.47. The zero-order valence-corrected chi connectivity index (χ0v) is 13.0. The molecule has 0 bridgehead atoms. The molecule has 3 rings (SSSR count). The average molecular weight is 333 g/mol. The fraction of sp³-hybridized carbons (Fsp3) is 0. The maximum absolute atomic E-state index is 14.0.